The molecule has 0 spiro atoms. The molecule has 37 heavy (non-hydrogen) atoms. The summed E-state index contributed by atoms with van der Waals surface area (Å²) in [5.41, 5.74) is 8.73. The van der Waals surface area contributed by atoms with Crippen LogP contribution in [0.3, 0.4) is 0 Å². The van der Waals surface area contributed by atoms with E-state index in [0.717, 1.165) is 72.2 Å². The zero-order chi connectivity index (χ0) is 26.2. The van der Waals surface area contributed by atoms with Crippen molar-refractivity contribution >= 4 is 34.1 Å². The molecule has 4 rings (SSSR count). The van der Waals surface area contributed by atoms with E-state index in [1.54, 1.807) is 23.9 Å². The Morgan fingerprint density at radius 2 is 1.81 bits per heavy atom. The number of rotatable bonds is 11. The maximum Gasteiger partial charge on any atom is 0.269 e. The largest absolute Gasteiger partial charge is 0.331 e. The zero-order valence-electron chi connectivity index (χ0n) is 21.4. The molecule has 1 fully saturated rings. The van der Waals surface area contributed by atoms with E-state index in [2.05, 4.69) is 11.8 Å². The van der Waals surface area contributed by atoms with E-state index in [4.69, 9.17) is 5.73 Å². The maximum absolute atomic E-state index is 13.8. The van der Waals surface area contributed by atoms with Crippen molar-refractivity contribution in [2.75, 3.05) is 25.4 Å². The molecule has 2 N–H and O–H groups in total. The molecule has 0 radical (unpaired) electrons. The highest BCUT2D eigenvalue weighted by atomic mass is 32.2. The SMILES string of the molecule is CCCCN1CCN(C(=O)c2cccc3ccccc23)C(CCCSCc2ccc([N+](=O)[O-])cc2)[C@H]1N. The second-order valence-corrected chi connectivity index (χ2v) is 10.7. The van der Waals surface area contributed by atoms with E-state index in [1.165, 1.54) is 0 Å². The molecular weight excluding hydrogens is 484 g/mol. The summed E-state index contributed by atoms with van der Waals surface area (Å²) in [5, 5.41) is 12.9. The molecule has 1 heterocycles. The molecule has 7 nitrogen and oxygen atoms in total. The van der Waals surface area contributed by atoms with Crippen molar-refractivity contribution in [3.63, 3.8) is 0 Å². The Bertz CT molecular complexity index is 1200. The number of piperazine rings is 1. The normalized spacial score (nSPS) is 18.3. The number of carbonyl (C=O) groups is 1. The third kappa shape index (κ3) is 6.69. The van der Waals surface area contributed by atoms with Crippen molar-refractivity contribution in [1.29, 1.82) is 0 Å². The van der Waals surface area contributed by atoms with Gasteiger partial charge in [0.1, 0.15) is 0 Å². The lowest BCUT2D eigenvalue weighted by Crippen LogP contribution is -2.64. The molecule has 0 aromatic heterocycles. The summed E-state index contributed by atoms with van der Waals surface area (Å²) in [5.74, 6) is 1.80. The van der Waals surface area contributed by atoms with Crippen molar-refractivity contribution < 1.29 is 9.72 Å². The minimum Gasteiger partial charge on any atom is -0.331 e. The number of hydrogen-bond acceptors (Lipinski definition) is 6. The summed E-state index contributed by atoms with van der Waals surface area (Å²) < 4.78 is 0. The lowest BCUT2D eigenvalue weighted by Gasteiger charge is -2.46. The van der Waals surface area contributed by atoms with Crippen LogP contribution in [0.2, 0.25) is 0 Å². The first-order valence-corrected chi connectivity index (χ1v) is 14.2. The van der Waals surface area contributed by atoms with Gasteiger partial charge >= 0.3 is 0 Å². The summed E-state index contributed by atoms with van der Waals surface area (Å²) in [7, 11) is 0. The Labute approximate surface area is 223 Å². The third-order valence-corrected chi connectivity index (χ3v) is 8.24. The fourth-order valence-electron chi connectivity index (χ4n) is 5.04. The molecule has 1 amide bonds. The summed E-state index contributed by atoms with van der Waals surface area (Å²) in [6.07, 6.45) is 3.82. The van der Waals surface area contributed by atoms with Gasteiger partial charge < -0.3 is 10.6 Å². The van der Waals surface area contributed by atoms with Crippen molar-refractivity contribution in [3.05, 3.63) is 88.0 Å². The van der Waals surface area contributed by atoms with E-state index < -0.39 is 0 Å². The average molecular weight is 521 g/mol. The van der Waals surface area contributed by atoms with Crippen LogP contribution in [0.5, 0.6) is 0 Å². The number of carbonyl (C=O) groups excluding carboxylic acids is 1. The van der Waals surface area contributed by atoms with Crippen LogP contribution >= 0.6 is 11.8 Å². The number of thioether (sulfide) groups is 1. The van der Waals surface area contributed by atoms with Gasteiger partial charge in [-0.15, -0.1) is 0 Å². The summed E-state index contributed by atoms with van der Waals surface area (Å²) in [6.45, 7) is 4.62. The van der Waals surface area contributed by atoms with Gasteiger partial charge in [0, 0.05) is 36.5 Å². The first kappa shape index (κ1) is 27.1. The molecule has 0 bridgehead atoms. The van der Waals surface area contributed by atoms with Crippen LogP contribution in [-0.2, 0) is 5.75 Å². The number of benzene rings is 3. The number of nitrogens with two attached hydrogens (primary N) is 1. The number of amides is 1. The fourth-order valence-corrected chi connectivity index (χ4v) is 5.99. The Morgan fingerprint density at radius 1 is 1.05 bits per heavy atom. The van der Waals surface area contributed by atoms with Crippen molar-refractivity contribution in [2.24, 2.45) is 5.73 Å². The molecule has 196 valence electrons. The van der Waals surface area contributed by atoms with Gasteiger partial charge in [-0.05, 0) is 54.0 Å². The summed E-state index contributed by atoms with van der Waals surface area (Å²) in [4.78, 5) is 28.7. The highest BCUT2D eigenvalue weighted by molar-refractivity contribution is 7.98. The number of nitro benzene ring substituents is 1. The minimum absolute atomic E-state index is 0.0444. The van der Waals surface area contributed by atoms with Crippen molar-refractivity contribution in [2.45, 2.75) is 50.6 Å². The highest BCUT2D eigenvalue weighted by Gasteiger charge is 2.36. The monoisotopic (exact) mass is 520 g/mol. The summed E-state index contributed by atoms with van der Waals surface area (Å²) >= 11 is 1.81. The van der Waals surface area contributed by atoms with Gasteiger partial charge in [0.15, 0.2) is 0 Å². The molecular formula is C29H36N4O3S. The van der Waals surface area contributed by atoms with Crippen LogP contribution < -0.4 is 5.73 Å². The second-order valence-electron chi connectivity index (χ2n) is 9.59. The lowest BCUT2D eigenvalue weighted by atomic mass is 9.98. The Balaban J connectivity index is 1.42. The summed E-state index contributed by atoms with van der Waals surface area (Å²) in [6, 6.07) is 20.7. The van der Waals surface area contributed by atoms with Crippen LogP contribution in [0.1, 0.15) is 48.5 Å². The molecule has 2 atom stereocenters. The van der Waals surface area contributed by atoms with Gasteiger partial charge in [-0.1, -0.05) is 61.9 Å². The number of nitrogens with zero attached hydrogens (tertiary/aromatic N) is 3. The molecule has 3 aromatic carbocycles. The number of fused-ring (bicyclic) bond motifs is 1. The molecule has 0 aliphatic carbocycles. The van der Waals surface area contributed by atoms with Gasteiger partial charge in [0.2, 0.25) is 0 Å². The molecule has 0 saturated carbocycles. The van der Waals surface area contributed by atoms with E-state index >= 15 is 0 Å². The van der Waals surface area contributed by atoms with Crippen LogP contribution in [0.15, 0.2) is 66.7 Å². The van der Waals surface area contributed by atoms with Crippen LogP contribution in [0.25, 0.3) is 10.8 Å². The van der Waals surface area contributed by atoms with E-state index in [1.807, 2.05) is 59.5 Å². The maximum atomic E-state index is 13.8. The third-order valence-electron chi connectivity index (χ3n) is 7.13. The number of hydrogen-bond donors (Lipinski definition) is 1. The molecule has 1 unspecified atom stereocenters. The molecule has 8 heteroatoms. The highest BCUT2D eigenvalue weighted by Crippen LogP contribution is 2.26. The molecule has 1 aliphatic heterocycles. The quantitative estimate of drug-likeness (QED) is 0.199. The topological polar surface area (TPSA) is 92.7 Å². The van der Waals surface area contributed by atoms with E-state index in [0.29, 0.717) is 6.54 Å². The predicted molar refractivity (Wildman–Crippen MR) is 152 cm³/mol. The Kier molecular flexibility index (Phi) is 9.55. The van der Waals surface area contributed by atoms with Gasteiger partial charge in [-0.25, -0.2) is 0 Å². The zero-order valence-corrected chi connectivity index (χ0v) is 22.2. The van der Waals surface area contributed by atoms with Gasteiger partial charge in [0.05, 0.1) is 17.1 Å². The lowest BCUT2D eigenvalue weighted by molar-refractivity contribution is -0.384. The minimum atomic E-state index is -0.376. The van der Waals surface area contributed by atoms with Crippen LogP contribution in [-0.4, -0.2) is 58.2 Å². The molecule has 1 aliphatic rings. The van der Waals surface area contributed by atoms with Gasteiger partial charge in [-0.3, -0.25) is 19.8 Å². The number of nitro groups is 1. The van der Waals surface area contributed by atoms with Crippen LogP contribution in [0.4, 0.5) is 5.69 Å². The Morgan fingerprint density at radius 3 is 2.57 bits per heavy atom. The Hall–Kier alpha value is -2.94. The second kappa shape index (κ2) is 13.0. The van der Waals surface area contributed by atoms with Gasteiger partial charge in [0.25, 0.3) is 11.6 Å². The van der Waals surface area contributed by atoms with Crippen molar-refractivity contribution in [1.82, 2.24) is 9.80 Å². The number of unbranched alkanes of at least 4 members (excludes halogenated alkanes) is 1. The number of non-ortho nitro benzene ring substituents is 1. The molecule has 3 aromatic rings. The predicted octanol–water partition coefficient (Wildman–Crippen LogP) is 5.67. The smallest absolute Gasteiger partial charge is 0.269 e. The van der Waals surface area contributed by atoms with E-state index in [9.17, 15) is 14.9 Å². The average Bonchev–Trinajstić information content (AvgIpc) is 2.92. The molecule has 1 saturated heterocycles. The van der Waals surface area contributed by atoms with E-state index in [-0.39, 0.29) is 28.7 Å². The standard InChI is InChI=1S/C29H36N4O3S/c1-2-3-17-31-18-19-32(29(34)26-11-6-9-23-8-4-5-10-25(23)26)27(28(31)30)12-7-20-37-21-22-13-15-24(16-14-22)33(35)36/h4-6,8-11,13-16,27-28H,2-3,7,12,17-21,30H2,1H3/t27?,28-/m0/s1. The first-order valence-electron chi connectivity index (χ1n) is 13.1. The fraction of sp³-hybridized carbons (Fsp3) is 0.414. The first-order chi connectivity index (χ1) is 18.0. The van der Waals surface area contributed by atoms with Crippen molar-refractivity contribution in [3.8, 4) is 0 Å². The van der Waals surface area contributed by atoms with Crippen LogP contribution in [0, 0.1) is 10.1 Å². The van der Waals surface area contributed by atoms with Gasteiger partial charge in [-0.2, -0.15) is 11.8 Å².